The summed E-state index contributed by atoms with van der Waals surface area (Å²) in [4.78, 5) is 2.59. The SMILES string of the molecule is C#CCCCN(CC)C1CCCCC1CN. The summed E-state index contributed by atoms with van der Waals surface area (Å²) in [7, 11) is 0. The van der Waals surface area contributed by atoms with E-state index in [4.69, 9.17) is 12.2 Å². The molecule has 2 N–H and O–H groups in total. The predicted octanol–water partition coefficient (Wildman–Crippen LogP) is 2.24. The van der Waals surface area contributed by atoms with Crippen LogP contribution in [0.25, 0.3) is 0 Å². The van der Waals surface area contributed by atoms with E-state index in [9.17, 15) is 0 Å². The third-order valence-electron chi connectivity index (χ3n) is 3.81. The van der Waals surface area contributed by atoms with E-state index >= 15 is 0 Å². The lowest BCUT2D eigenvalue weighted by atomic mass is 9.83. The molecule has 0 aromatic rings. The van der Waals surface area contributed by atoms with Crippen LogP contribution in [-0.4, -0.2) is 30.6 Å². The zero-order valence-electron chi connectivity index (χ0n) is 10.6. The Labute approximate surface area is 101 Å². The minimum atomic E-state index is 0.708. The van der Waals surface area contributed by atoms with Crippen LogP contribution in [0.3, 0.4) is 0 Å². The zero-order valence-corrected chi connectivity index (χ0v) is 10.6. The van der Waals surface area contributed by atoms with E-state index in [2.05, 4.69) is 17.7 Å². The van der Waals surface area contributed by atoms with Gasteiger partial charge in [0.2, 0.25) is 0 Å². The quantitative estimate of drug-likeness (QED) is 0.551. The molecule has 0 amide bonds. The highest BCUT2D eigenvalue weighted by Crippen LogP contribution is 2.27. The highest BCUT2D eigenvalue weighted by Gasteiger charge is 2.27. The van der Waals surface area contributed by atoms with Crippen LogP contribution < -0.4 is 5.73 Å². The van der Waals surface area contributed by atoms with Gasteiger partial charge in [0.1, 0.15) is 0 Å². The van der Waals surface area contributed by atoms with Gasteiger partial charge in [-0.1, -0.05) is 19.8 Å². The Balaban J connectivity index is 2.45. The molecule has 0 aromatic heterocycles. The first kappa shape index (κ1) is 13.5. The Morgan fingerprint density at radius 2 is 2.12 bits per heavy atom. The van der Waals surface area contributed by atoms with E-state index in [0.717, 1.165) is 32.5 Å². The summed E-state index contributed by atoms with van der Waals surface area (Å²) in [5.41, 5.74) is 5.88. The number of terminal acetylenes is 1. The lowest BCUT2D eigenvalue weighted by Gasteiger charge is -2.39. The second-order valence-corrected chi connectivity index (χ2v) is 4.78. The zero-order chi connectivity index (χ0) is 11.8. The normalized spacial score (nSPS) is 25.6. The molecule has 2 nitrogen and oxygen atoms in total. The largest absolute Gasteiger partial charge is 0.330 e. The standard InChI is InChI=1S/C14H26N2/c1-3-5-8-11-16(4-2)14-10-7-6-9-13(14)12-15/h1,13-14H,4-12,15H2,2H3. The maximum atomic E-state index is 5.88. The van der Waals surface area contributed by atoms with Gasteiger partial charge in [-0.25, -0.2) is 0 Å². The first-order valence-corrected chi connectivity index (χ1v) is 6.71. The van der Waals surface area contributed by atoms with Gasteiger partial charge in [-0.15, -0.1) is 12.3 Å². The van der Waals surface area contributed by atoms with Crippen molar-refractivity contribution in [2.45, 2.75) is 51.5 Å². The Kier molecular flexibility index (Phi) is 6.52. The Hall–Kier alpha value is -0.520. The first-order valence-electron chi connectivity index (χ1n) is 6.71. The van der Waals surface area contributed by atoms with Crippen molar-refractivity contribution in [2.24, 2.45) is 11.7 Å². The van der Waals surface area contributed by atoms with Crippen molar-refractivity contribution in [1.82, 2.24) is 4.90 Å². The number of nitrogens with two attached hydrogens (primary N) is 1. The van der Waals surface area contributed by atoms with Crippen LogP contribution in [0.2, 0.25) is 0 Å². The molecule has 0 bridgehead atoms. The number of hydrogen-bond acceptors (Lipinski definition) is 2. The molecule has 0 aromatic carbocycles. The summed E-state index contributed by atoms with van der Waals surface area (Å²) in [5.74, 6) is 3.43. The summed E-state index contributed by atoms with van der Waals surface area (Å²) in [6.45, 7) is 5.36. The second kappa shape index (κ2) is 7.70. The smallest absolute Gasteiger partial charge is 0.0135 e. The lowest BCUT2D eigenvalue weighted by Crippen LogP contribution is -2.45. The van der Waals surface area contributed by atoms with E-state index < -0.39 is 0 Å². The number of nitrogens with zero attached hydrogens (tertiary/aromatic N) is 1. The van der Waals surface area contributed by atoms with Crippen molar-refractivity contribution in [1.29, 1.82) is 0 Å². The highest BCUT2D eigenvalue weighted by molar-refractivity contribution is 4.86. The summed E-state index contributed by atoms with van der Waals surface area (Å²) < 4.78 is 0. The van der Waals surface area contributed by atoms with Gasteiger partial charge in [-0.2, -0.15) is 0 Å². The third kappa shape index (κ3) is 3.81. The maximum Gasteiger partial charge on any atom is 0.0135 e. The van der Waals surface area contributed by atoms with Crippen LogP contribution in [0.1, 0.15) is 45.4 Å². The lowest BCUT2D eigenvalue weighted by molar-refractivity contribution is 0.111. The van der Waals surface area contributed by atoms with E-state index in [1.807, 2.05) is 0 Å². The monoisotopic (exact) mass is 222 g/mol. The highest BCUT2D eigenvalue weighted by atomic mass is 15.2. The van der Waals surface area contributed by atoms with Gasteiger partial charge < -0.3 is 10.6 Å². The van der Waals surface area contributed by atoms with E-state index in [1.54, 1.807) is 0 Å². The molecule has 1 aliphatic rings. The molecule has 92 valence electrons. The second-order valence-electron chi connectivity index (χ2n) is 4.78. The molecular weight excluding hydrogens is 196 g/mol. The summed E-state index contributed by atoms with van der Waals surface area (Å²) in [6, 6.07) is 0.710. The van der Waals surface area contributed by atoms with Gasteiger partial charge >= 0.3 is 0 Å². The number of hydrogen-bond donors (Lipinski definition) is 1. The van der Waals surface area contributed by atoms with E-state index in [0.29, 0.717) is 12.0 Å². The Bertz CT molecular complexity index is 219. The summed E-state index contributed by atoms with van der Waals surface area (Å²) in [5, 5.41) is 0. The molecular formula is C14H26N2. The molecule has 0 radical (unpaired) electrons. The summed E-state index contributed by atoms with van der Waals surface area (Å²) >= 11 is 0. The molecule has 1 aliphatic carbocycles. The molecule has 0 saturated heterocycles. The fourth-order valence-electron chi connectivity index (χ4n) is 2.89. The maximum absolute atomic E-state index is 5.88. The van der Waals surface area contributed by atoms with Crippen molar-refractivity contribution < 1.29 is 0 Å². The van der Waals surface area contributed by atoms with Gasteiger partial charge in [0.05, 0.1) is 0 Å². The molecule has 0 aliphatic heterocycles. The molecule has 0 heterocycles. The van der Waals surface area contributed by atoms with Gasteiger partial charge in [-0.05, 0) is 44.8 Å². The predicted molar refractivity (Wildman–Crippen MR) is 70.1 cm³/mol. The van der Waals surface area contributed by atoms with Crippen molar-refractivity contribution in [3.05, 3.63) is 0 Å². The van der Waals surface area contributed by atoms with Gasteiger partial charge in [0, 0.05) is 12.5 Å². The van der Waals surface area contributed by atoms with E-state index in [-0.39, 0.29) is 0 Å². The van der Waals surface area contributed by atoms with Crippen molar-refractivity contribution >= 4 is 0 Å². The van der Waals surface area contributed by atoms with Crippen LogP contribution in [-0.2, 0) is 0 Å². The van der Waals surface area contributed by atoms with Crippen LogP contribution in [0.15, 0.2) is 0 Å². The topological polar surface area (TPSA) is 29.3 Å². The van der Waals surface area contributed by atoms with Crippen LogP contribution in [0.5, 0.6) is 0 Å². The fraction of sp³-hybridized carbons (Fsp3) is 0.857. The Morgan fingerprint density at radius 3 is 2.75 bits per heavy atom. The number of unbranched alkanes of at least 4 members (excludes halogenated alkanes) is 1. The van der Waals surface area contributed by atoms with Crippen LogP contribution >= 0.6 is 0 Å². The first-order chi connectivity index (χ1) is 7.83. The minimum absolute atomic E-state index is 0.708. The average molecular weight is 222 g/mol. The van der Waals surface area contributed by atoms with Crippen molar-refractivity contribution in [2.75, 3.05) is 19.6 Å². The van der Waals surface area contributed by atoms with Crippen LogP contribution in [0.4, 0.5) is 0 Å². The molecule has 1 saturated carbocycles. The van der Waals surface area contributed by atoms with Crippen LogP contribution in [0, 0.1) is 18.3 Å². The van der Waals surface area contributed by atoms with Crippen molar-refractivity contribution in [3.8, 4) is 12.3 Å². The molecule has 1 rings (SSSR count). The minimum Gasteiger partial charge on any atom is -0.330 e. The number of rotatable bonds is 6. The molecule has 16 heavy (non-hydrogen) atoms. The fourth-order valence-corrected chi connectivity index (χ4v) is 2.89. The average Bonchev–Trinajstić information content (AvgIpc) is 2.35. The molecule has 2 unspecified atom stereocenters. The van der Waals surface area contributed by atoms with E-state index in [1.165, 1.54) is 25.7 Å². The van der Waals surface area contributed by atoms with Crippen molar-refractivity contribution in [3.63, 3.8) is 0 Å². The summed E-state index contributed by atoms with van der Waals surface area (Å²) in [6.07, 6.45) is 12.7. The van der Waals surface area contributed by atoms with Gasteiger partial charge in [0.25, 0.3) is 0 Å². The molecule has 1 fully saturated rings. The molecule has 2 heteroatoms. The Morgan fingerprint density at radius 1 is 1.38 bits per heavy atom. The molecule has 2 atom stereocenters. The molecule has 0 spiro atoms. The van der Waals surface area contributed by atoms with Gasteiger partial charge in [-0.3, -0.25) is 0 Å². The van der Waals surface area contributed by atoms with Gasteiger partial charge in [0.15, 0.2) is 0 Å². The third-order valence-corrected chi connectivity index (χ3v) is 3.81.